The summed E-state index contributed by atoms with van der Waals surface area (Å²) in [6, 6.07) is 2.08. The molecule has 19 heavy (non-hydrogen) atoms. The lowest BCUT2D eigenvalue weighted by molar-refractivity contribution is -0.117. The molecule has 0 radical (unpaired) electrons. The Hall–Kier alpha value is -1.27. The van der Waals surface area contributed by atoms with E-state index in [1.165, 1.54) is 11.8 Å². The first-order valence-corrected chi connectivity index (χ1v) is 6.80. The van der Waals surface area contributed by atoms with Gasteiger partial charge >= 0.3 is 0 Å². The molecule has 102 valence electrons. The monoisotopic (exact) mass is 303 g/mol. The normalized spacial score (nSPS) is 19.0. The van der Waals surface area contributed by atoms with E-state index in [1.54, 1.807) is 0 Å². The molecule has 0 spiro atoms. The Morgan fingerprint density at radius 2 is 2.26 bits per heavy atom. The van der Waals surface area contributed by atoms with Gasteiger partial charge in [0.2, 0.25) is 5.91 Å². The molecule has 1 aromatic carbocycles. The lowest BCUT2D eigenvalue weighted by Crippen LogP contribution is -2.26. The fourth-order valence-corrected chi connectivity index (χ4v) is 3.02. The largest absolute Gasteiger partial charge is 0.506 e. The van der Waals surface area contributed by atoms with E-state index in [0.717, 1.165) is 23.9 Å². The molecule has 1 amide bonds. The molecule has 0 saturated carbocycles. The molecule has 0 aliphatic carbocycles. The van der Waals surface area contributed by atoms with Crippen molar-refractivity contribution >= 4 is 40.1 Å². The van der Waals surface area contributed by atoms with Crippen LogP contribution in [0.25, 0.3) is 0 Å². The second-order valence-electron chi connectivity index (χ2n) is 4.19. The average molecular weight is 304 g/mol. The maximum absolute atomic E-state index is 13.8. The summed E-state index contributed by atoms with van der Waals surface area (Å²) in [5.41, 5.74) is -0.0152. The maximum atomic E-state index is 13.8. The number of rotatable bonds is 2. The van der Waals surface area contributed by atoms with Crippen LogP contribution < -0.4 is 4.90 Å². The molecular formula is C12H11ClFNO3S. The van der Waals surface area contributed by atoms with Crippen LogP contribution in [0.3, 0.4) is 0 Å². The van der Waals surface area contributed by atoms with Gasteiger partial charge in [0.05, 0.1) is 10.7 Å². The van der Waals surface area contributed by atoms with Crippen molar-refractivity contribution in [2.75, 3.05) is 11.4 Å². The van der Waals surface area contributed by atoms with Crippen LogP contribution in [-0.4, -0.2) is 27.9 Å². The van der Waals surface area contributed by atoms with Crippen LogP contribution >= 0.6 is 23.4 Å². The van der Waals surface area contributed by atoms with Crippen molar-refractivity contribution in [2.24, 2.45) is 0 Å². The van der Waals surface area contributed by atoms with E-state index in [4.69, 9.17) is 11.6 Å². The van der Waals surface area contributed by atoms with E-state index < -0.39 is 5.82 Å². The van der Waals surface area contributed by atoms with Gasteiger partial charge in [0, 0.05) is 31.2 Å². The number of aromatic hydroxyl groups is 1. The number of thioether (sulfide) groups is 1. The number of anilines is 1. The molecule has 2 rings (SSSR count). The van der Waals surface area contributed by atoms with E-state index in [1.807, 2.05) is 0 Å². The molecule has 1 unspecified atom stereocenters. The van der Waals surface area contributed by atoms with Gasteiger partial charge in [-0.25, -0.2) is 4.39 Å². The highest BCUT2D eigenvalue weighted by molar-refractivity contribution is 8.14. The highest BCUT2D eigenvalue weighted by Gasteiger charge is 2.33. The first kappa shape index (κ1) is 14.1. The summed E-state index contributed by atoms with van der Waals surface area (Å²) >= 11 is 6.65. The predicted octanol–water partition coefficient (Wildman–Crippen LogP) is 2.57. The molecule has 0 aromatic heterocycles. The third kappa shape index (κ3) is 3.01. The standard InChI is InChI=1S/C12H11ClFNO3S/c1-6(16)19-7-2-12(18)15(5-7)10-4-11(17)8(13)3-9(10)14/h3-4,7,17H,2,5H2,1H3. The zero-order valence-electron chi connectivity index (χ0n) is 10.0. The topological polar surface area (TPSA) is 57.6 Å². The number of nitrogens with zero attached hydrogens (tertiary/aromatic N) is 1. The number of benzene rings is 1. The molecular weight excluding hydrogens is 293 g/mol. The predicted molar refractivity (Wildman–Crippen MR) is 72.1 cm³/mol. The molecule has 1 fully saturated rings. The van der Waals surface area contributed by atoms with Gasteiger partial charge in [-0.05, 0) is 6.07 Å². The molecule has 0 bridgehead atoms. The van der Waals surface area contributed by atoms with Crippen LogP contribution in [-0.2, 0) is 9.59 Å². The maximum Gasteiger partial charge on any atom is 0.228 e. The van der Waals surface area contributed by atoms with E-state index in [-0.39, 0.29) is 45.7 Å². The number of amides is 1. The molecule has 1 aliphatic heterocycles. The third-order valence-electron chi connectivity index (χ3n) is 2.73. The second-order valence-corrected chi connectivity index (χ2v) is 6.08. The highest BCUT2D eigenvalue weighted by Crippen LogP contribution is 2.35. The van der Waals surface area contributed by atoms with Gasteiger partial charge in [-0.15, -0.1) is 0 Å². The smallest absolute Gasteiger partial charge is 0.228 e. The summed E-state index contributed by atoms with van der Waals surface area (Å²) in [6.07, 6.45) is 0.174. The first-order valence-electron chi connectivity index (χ1n) is 5.54. The SMILES string of the molecule is CC(=O)SC1CC(=O)N(c2cc(O)c(Cl)cc2F)C1. The van der Waals surface area contributed by atoms with Crippen molar-refractivity contribution < 1.29 is 19.1 Å². The van der Waals surface area contributed by atoms with Crippen LogP contribution in [0.5, 0.6) is 5.75 Å². The number of carbonyl (C=O) groups excluding carboxylic acids is 2. The molecule has 1 atom stereocenters. The zero-order valence-corrected chi connectivity index (χ0v) is 11.6. The minimum absolute atomic E-state index is 0.0152. The Morgan fingerprint density at radius 1 is 1.58 bits per heavy atom. The second kappa shape index (κ2) is 5.38. The molecule has 1 N–H and O–H groups in total. The molecule has 4 nitrogen and oxygen atoms in total. The third-order valence-corrected chi connectivity index (χ3v) is 4.01. The van der Waals surface area contributed by atoms with Crippen LogP contribution in [0.1, 0.15) is 13.3 Å². The first-order chi connectivity index (χ1) is 8.88. The lowest BCUT2D eigenvalue weighted by Gasteiger charge is -2.17. The van der Waals surface area contributed by atoms with Gasteiger partial charge in [0.15, 0.2) is 5.12 Å². The van der Waals surface area contributed by atoms with Gasteiger partial charge in [-0.3, -0.25) is 9.59 Å². The molecule has 1 aliphatic rings. The number of carbonyl (C=O) groups is 2. The Balaban J connectivity index is 2.25. The summed E-state index contributed by atoms with van der Waals surface area (Å²) < 4.78 is 13.8. The fraction of sp³-hybridized carbons (Fsp3) is 0.333. The van der Waals surface area contributed by atoms with Gasteiger partial charge in [-0.1, -0.05) is 23.4 Å². The summed E-state index contributed by atoms with van der Waals surface area (Å²) in [7, 11) is 0. The van der Waals surface area contributed by atoms with E-state index >= 15 is 0 Å². The van der Waals surface area contributed by atoms with Gasteiger partial charge in [0.1, 0.15) is 11.6 Å². The van der Waals surface area contributed by atoms with Crippen molar-refractivity contribution in [1.82, 2.24) is 0 Å². The van der Waals surface area contributed by atoms with Gasteiger partial charge < -0.3 is 10.0 Å². The summed E-state index contributed by atoms with van der Waals surface area (Å²) in [4.78, 5) is 24.1. The molecule has 1 saturated heterocycles. The van der Waals surface area contributed by atoms with Crippen LogP contribution in [0.2, 0.25) is 5.02 Å². The number of halogens is 2. The van der Waals surface area contributed by atoms with E-state index in [9.17, 15) is 19.1 Å². The van der Waals surface area contributed by atoms with Crippen molar-refractivity contribution in [2.45, 2.75) is 18.6 Å². The Bertz CT molecular complexity index is 552. The van der Waals surface area contributed by atoms with E-state index in [0.29, 0.717) is 0 Å². The molecule has 7 heteroatoms. The number of phenolic OH excluding ortho intramolecular Hbond substituents is 1. The van der Waals surface area contributed by atoms with Gasteiger partial charge in [0.25, 0.3) is 0 Å². The Kier molecular flexibility index (Phi) is 4.01. The van der Waals surface area contributed by atoms with Crippen LogP contribution in [0.4, 0.5) is 10.1 Å². The van der Waals surface area contributed by atoms with Crippen molar-refractivity contribution in [3.63, 3.8) is 0 Å². The lowest BCUT2D eigenvalue weighted by atomic mass is 10.2. The van der Waals surface area contributed by atoms with Crippen molar-refractivity contribution in [3.05, 3.63) is 23.0 Å². The zero-order chi connectivity index (χ0) is 14.2. The summed E-state index contributed by atoms with van der Waals surface area (Å²) in [5.74, 6) is -1.24. The van der Waals surface area contributed by atoms with Gasteiger partial charge in [-0.2, -0.15) is 0 Å². The van der Waals surface area contributed by atoms with E-state index in [2.05, 4.69) is 0 Å². The quantitative estimate of drug-likeness (QED) is 0.912. The summed E-state index contributed by atoms with van der Waals surface area (Å²) in [6.45, 7) is 1.66. The number of hydrogen-bond donors (Lipinski definition) is 1. The fourth-order valence-electron chi connectivity index (χ4n) is 1.95. The number of phenols is 1. The Labute approximate surface area is 118 Å². The summed E-state index contributed by atoms with van der Waals surface area (Å²) in [5, 5.41) is 9.10. The van der Waals surface area contributed by atoms with Crippen LogP contribution in [0, 0.1) is 5.82 Å². The molecule has 1 aromatic rings. The minimum atomic E-state index is -0.676. The highest BCUT2D eigenvalue weighted by atomic mass is 35.5. The number of hydrogen-bond acceptors (Lipinski definition) is 4. The van der Waals surface area contributed by atoms with Crippen molar-refractivity contribution in [1.29, 1.82) is 0 Å². The average Bonchev–Trinajstić information content (AvgIpc) is 2.63. The van der Waals surface area contributed by atoms with Crippen molar-refractivity contribution in [3.8, 4) is 5.75 Å². The Morgan fingerprint density at radius 3 is 2.89 bits per heavy atom. The molecule has 1 heterocycles. The van der Waals surface area contributed by atoms with Crippen LogP contribution in [0.15, 0.2) is 12.1 Å². The minimum Gasteiger partial charge on any atom is -0.506 e.